The molecule has 0 radical (unpaired) electrons. The van der Waals surface area contributed by atoms with Crippen molar-refractivity contribution in [3.8, 4) is 17.1 Å². The Kier molecular flexibility index (Phi) is 7.62. The molecule has 192 valence electrons. The van der Waals surface area contributed by atoms with Crippen molar-refractivity contribution in [1.29, 1.82) is 0 Å². The van der Waals surface area contributed by atoms with Gasteiger partial charge in [0.2, 0.25) is 11.8 Å². The number of primary amides is 1. The number of carbonyl (C=O) groups excluding carboxylic acids is 2. The van der Waals surface area contributed by atoms with Gasteiger partial charge in [-0.15, -0.1) is 5.10 Å². The summed E-state index contributed by atoms with van der Waals surface area (Å²) >= 11 is 6.01. The number of carbonyl (C=O) groups is 2. The van der Waals surface area contributed by atoms with Crippen LogP contribution in [0.5, 0.6) is 5.88 Å². The third-order valence-corrected chi connectivity index (χ3v) is 6.16. The minimum Gasteiger partial charge on any atom is -0.471 e. The van der Waals surface area contributed by atoms with Crippen molar-refractivity contribution in [2.45, 2.75) is 51.5 Å². The van der Waals surface area contributed by atoms with Crippen LogP contribution in [-0.4, -0.2) is 50.6 Å². The van der Waals surface area contributed by atoms with E-state index in [1.54, 1.807) is 31.3 Å². The summed E-state index contributed by atoms with van der Waals surface area (Å²) in [5.41, 5.74) is 7.99. The molecule has 1 saturated heterocycles. The minimum absolute atomic E-state index is 0.0680. The molecule has 3 heterocycles. The van der Waals surface area contributed by atoms with Crippen molar-refractivity contribution < 1.29 is 28.7 Å². The van der Waals surface area contributed by atoms with Crippen molar-refractivity contribution in [3.63, 3.8) is 0 Å². The molecule has 12 heteroatoms. The van der Waals surface area contributed by atoms with Crippen molar-refractivity contribution >= 4 is 23.4 Å². The lowest BCUT2D eigenvalue weighted by molar-refractivity contribution is -0.127. The number of benzene rings is 1. The van der Waals surface area contributed by atoms with Gasteiger partial charge in [-0.2, -0.15) is 0 Å². The summed E-state index contributed by atoms with van der Waals surface area (Å²) in [6, 6.07) is 6.87. The molecule has 0 saturated carbocycles. The average Bonchev–Trinajstić information content (AvgIpc) is 3.54. The first-order valence-corrected chi connectivity index (χ1v) is 11.8. The van der Waals surface area contributed by atoms with Crippen LogP contribution in [0, 0.1) is 0 Å². The fourth-order valence-electron chi connectivity index (χ4n) is 4.31. The molecule has 0 spiro atoms. The maximum atomic E-state index is 13.1. The second-order valence-corrected chi connectivity index (χ2v) is 9.23. The fourth-order valence-corrected chi connectivity index (χ4v) is 4.44. The van der Waals surface area contributed by atoms with Crippen LogP contribution < -0.4 is 15.8 Å². The Hall–Kier alpha value is -3.41. The molecule has 2 amide bonds. The quantitative estimate of drug-likeness (QED) is 0.390. The number of aliphatic hydroxyl groups is 1. The zero-order chi connectivity index (χ0) is 26.0. The minimum atomic E-state index is -0.921. The number of aryl methyl sites for hydroxylation is 1. The molecule has 1 aliphatic rings. The molecule has 2 unspecified atom stereocenters. The maximum absolute atomic E-state index is 13.1. The Bertz CT molecular complexity index is 1250. The monoisotopic (exact) mass is 517 g/mol. The van der Waals surface area contributed by atoms with Gasteiger partial charge in [-0.3, -0.25) is 14.3 Å². The van der Waals surface area contributed by atoms with Gasteiger partial charge >= 0.3 is 0 Å². The number of hydrogen-bond acceptors (Lipinski definition) is 8. The van der Waals surface area contributed by atoms with Crippen molar-refractivity contribution in [2.75, 3.05) is 6.61 Å². The van der Waals surface area contributed by atoms with Gasteiger partial charge in [0.25, 0.3) is 5.91 Å². The summed E-state index contributed by atoms with van der Waals surface area (Å²) in [4.78, 5) is 25.2. The Labute approximate surface area is 212 Å². The summed E-state index contributed by atoms with van der Waals surface area (Å²) in [5.74, 6) is -1.12. The number of aromatic nitrogens is 3. The van der Waals surface area contributed by atoms with Crippen LogP contribution in [0.3, 0.4) is 0 Å². The lowest BCUT2D eigenvalue weighted by atomic mass is 9.91. The summed E-state index contributed by atoms with van der Waals surface area (Å²) in [6.07, 6.45) is -0.460. The molecule has 0 aliphatic carbocycles. The molecule has 2 atom stereocenters. The van der Waals surface area contributed by atoms with Gasteiger partial charge in [-0.25, -0.2) is 0 Å². The molecule has 4 N–H and O–H groups in total. The molecule has 1 aliphatic heterocycles. The predicted octanol–water partition coefficient (Wildman–Crippen LogP) is 2.30. The molecule has 0 bridgehead atoms. The molecule has 2 aromatic heterocycles. The van der Waals surface area contributed by atoms with Crippen LogP contribution in [0.2, 0.25) is 5.02 Å². The Morgan fingerprint density at radius 1 is 1.33 bits per heavy atom. The standard InChI is InChI=1S/C24H28ClN5O6/c1-12(2)27-23(33)20-18(15-8-9-34-21(15)22(26)32)24(28-30(20)3)35-11-16-17(10-31)36-29-19(16)13-4-6-14(25)7-5-13/h4-7,12,15,21,31H,8-11H2,1-3H3,(H2,26,32)(H,27,33). The smallest absolute Gasteiger partial charge is 0.270 e. The Morgan fingerprint density at radius 2 is 2.06 bits per heavy atom. The number of nitrogens with two attached hydrogens (primary N) is 1. The highest BCUT2D eigenvalue weighted by Gasteiger charge is 2.40. The van der Waals surface area contributed by atoms with Crippen molar-refractivity contribution in [2.24, 2.45) is 12.8 Å². The third kappa shape index (κ3) is 5.08. The molecule has 4 rings (SSSR count). The van der Waals surface area contributed by atoms with Crippen molar-refractivity contribution in [3.05, 3.63) is 51.9 Å². The second kappa shape index (κ2) is 10.7. The second-order valence-electron chi connectivity index (χ2n) is 8.79. The first-order chi connectivity index (χ1) is 17.2. The van der Waals surface area contributed by atoms with E-state index in [2.05, 4.69) is 15.6 Å². The van der Waals surface area contributed by atoms with E-state index in [0.29, 0.717) is 34.9 Å². The number of amides is 2. The number of halogens is 1. The fraction of sp³-hybridized carbons (Fsp3) is 0.417. The number of nitrogens with one attached hydrogen (secondary N) is 1. The number of rotatable bonds is 9. The van der Waals surface area contributed by atoms with Gasteiger partial charge < -0.3 is 30.2 Å². The first-order valence-electron chi connectivity index (χ1n) is 11.5. The van der Waals surface area contributed by atoms with Crippen LogP contribution in [0.15, 0.2) is 28.8 Å². The van der Waals surface area contributed by atoms with Gasteiger partial charge in [-0.1, -0.05) is 28.9 Å². The van der Waals surface area contributed by atoms with Crippen LogP contribution in [-0.2, 0) is 29.8 Å². The highest BCUT2D eigenvalue weighted by Crippen LogP contribution is 2.39. The van der Waals surface area contributed by atoms with Crippen LogP contribution in [0.1, 0.15) is 53.6 Å². The van der Waals surface area contributed by atoms with E-state index in [0.717, 1.165) is 5.56 Å². The molecule has 11 nitrogen and oxygen atoms in total. The van der Waals surface area contributed by atoms with E-state index in [9.17, 15) is 14.7 Å². The van der Waals surface area contributed by atoms with E-state index < -0.39 is 24.5 Å². The normalized spacial score (nSPS) is 17.5. The number of hydrogen-bond donors (Lipinski definition) is 3. The van der Waals surface area contributed by atoms with Gasteiger partial charge in [0, 0.05) is 36.2 Å². The Balaban J connectivity index is 1.73. The van der Waals surface area contributed by atoms with Crippen LogP contribution in [0.4, 0.5) is 0 Å². The van der Waals surface area contributed by atoms with E-state index in [1.807, 2.05) is 13.8 Å². The number of aliphatic hydroxyl groups excluding tert-OH is 1. The van der Waals surface area contributed by atoms with E-state index in [1.165, 1.54) is 4.68 Å². The number of ether oxygens (including phenoxy) is 2. The van der Waals surface area contributed by atoms with E-state index in [4.69, 9.17) is 31.3 Å². The highest BCUT2D eigenvalue weighted by atomic mass is 35.5. The van der Waals surface area contributed by atoms with E-state index in [-0.39, 0.29) is 35.9 Å². The third-order valence-electron chi connectivity index (χ3n) is 5.91. The first kappa shape index (κ1) is 25.7. The Morgan fingerprint density at radius 3 is 2.69 bits per heavy atom. The molecule has 1 fully saturated rings. The molecule has 3 aromatic rings. The SMILES string of the molecule is CC(C)NC(=O)c1c(C2CCOC2C(N)=O)c(OCc2c(-c3ccc(Cl)cc3)noc2CO)nn1C. The van der Waals surface area contributed by atoms with Gasteiger partial charge in [-0.05, 0) is 32.4 Å². The zero-order valence-electron chi connectivity index (χ0n) is 20.2. The lowest BCUT2D eigenvalue weighted by Gasteiger charge is -2.18. The molecule has 1 aromatic carbocycles. The maximum Gasteiger partial charge on any atom is 0.270 e. The average molecular weight is 518 g/mol. The topological polar surface area (TPSA) is 155 Å². The molecular formula is C24H28ClN5O6. The summed E-state index contributed by atoms with van der Waals surface area (Å²) < 4.78 is 18.4. The molecule has 36 heavy (non-hydrogen) atoms. The largest absolute Gasteiger partial charge is 0.471 e. The summed E-state index contributed by atoms with van der Waals surface area (Å²) in [6.45, 7) is 3.53. The van der Waals surface area contributed by atoms with Crippen molar-refractivity contribution in [1.82, 2.24) is 20.3 Å². The highest BCUT2D eigenvalue weighted by molar-refractivity contribution is 6.30. The van der Waals surface area contributed by atoms with Crippen LogP contribution in [0.25, 0.3) is 11.3 Å². The van der Waals surface area contributed by atoms with Crippen LogP contribution >= 0.6 is 11.6 Å². The molecular weight excluding hydrogens is 490 g/mol. The summed E-state index contributed by atoms with van der Waals surface area (Å²) in [5, 5.41) is 21.8. The number of nitrogens with zero attached hydrogens (tertiary/aromatic N) is 3. The van der Waals surface area contributed by atoms with Gasteiger partial charge in [0.15, 0.2) is 5.76 Å². The zero-order valence-corrected chi connectivity index (χ0v) is 20.9. The van der Waals surface area contributed by atoms with E-state index >= 15 is 0 Å². The van der Waals surface area contributed by atoms with Gasteiger partial charge in [0.1, 0.15) is 30.7 Å². The predicted molar refractivity (Wildman–Crippen MR) is 129 cm³/mol. The lowest BCUT2D eigenvalue weighted by Crippen LogP contribution is -2.35. The summed E-state index contributed by atoms with van der Waals surface area (Å²) in [7, 11) is 1.62. The van der Waals surface area contributed by atoms with Gasteiger partial charge in [0.05, 0.1) is 11.1 Å².